The first-order valence-electron chi connectivity index (χ1n) is 7.08. The fourth-order valence-corrected chi connectivity index (χ4v) is 2.50. The van der Waals surface area contributed by atoms with Crippen LogP contribution in [-0.4, -0.2) is 81.8 Å². The third-order valence-electron chi connectivity index (χ3n) is 3.52. The monoisotopic (exact) mass is 336 g/mol. The van der Waals surface area contributed by atoms with Gasteiger partial charge in [0.25, 0.3) is 0 Å². The lowest BCUT2D eigenvalue weighted by molar-refractivity contribution is -0.310. The maximum atomic E-state index is 11.2. The van der Waals surface area contributed by atoms with Crippen molar-refractivity contribution in [1.29, 1.82) is 0 Å². The zero-order chi connectivity index (χ0) is 17.6. The summed E-state index contributed by atoms with van der Waals surface area (Å²) in [7, 11) is 4.24. The second-order valence-corrected chi connectivity index (χ2v) is 5.04. The molecule has 0 amide bonds. The van der Waals surface area contributed by atoms with Crippen molar-refractivity contribution in [2.24, 2.45) is 0 Å². The van der Waals surface area contributed by atoms with Gasteiger partial charge < -0.3 is 33.5 Å². The molecule has 6 atom stereocenters. The molecule has 1 heterocycles. The van der Waals surface area contributed by atoms with E-state index in [2.05, 4.69) is 0 Å². The molecule has 1 fully saturated rings. The highest BCUT2D eigenvalue weighted by molar-refractivity contribution is 5.66. The van der Waals surface area contributed by atoms with Crippen LogP contribution in [0.2, 0.25) is 0 Å². The second-order valence-electron chi connectivity index (χ2n) is 5.04. The quantitative estimate of drug-likeness (QED) is 0.600. The molecule has 1 rings (SSSR count). The lowest BCUT2D eigenvalue weighted by atomic mass is 9.94. The molecule has 23 heavy (non-hydrogen) atoms. The maximum absolute atomic E-state index is 11.2. The molecule has 1 N–H and O–H groups in total. The molecule has 1 aliphatic heterocycles. The van der Waals surface area contributed by atoms with Gasteiger partial charge in [0.1, 0.15) is 31.0 Å². The number of carbonyl (C=O) groups is 2. The van der Waals surface area contributed by atoms with Crippen LogP contribution in [0, 0.1) is 0 Å². The van der Waals surface area contributed by atoms with Gasteiger partial charge in [-0.25, -0.2) is 0 Å². The minimum absolute atomic E-state index is 0.0856. The zero-order valence-corrected chi connectivity index (χ0v) is 13.9. The van der Waals surface area contributed by atoms with Crippen LogP contribution in [0.25, 0.3) is 0 Å². The first-order valence-corrected chi connectivity index (χ1v) is 7.08. The molecule has 0 aromatic rings. The Balaban J connectivity index is 2.95. The molecule has 0 aromatic carbocycles. The Labute approximate surface area is 134 Å². The molecular formula is C14H24O9. The van der Waals surface area contributed by atoms with Gasteiger partial charge in [0.2, 0.25) is 0 Å². The number of methoxy groups -OCH3 is 3. The van der Waals surface area contributed by atoms with E-state index in [1.807, 2.05) is 0 Å². The van der Waals surface area contributed by atoms with Crippen LogP contribution in [0.4, 0.5) is 0 Å². The molecule has 0 spiro atoms. The Morgan fingerprint density at radius 1 is 1.04 bits per heavy atom. The molecule has 1 aliphatic rings. The zero-order valence-electron chi connectivity index (χ0n) is 13.9. The van der Waals surface area contributed by atoms with Gasteiger partial charge in [-0.2, -0.15) is 0 Å². The van der Waals surface area contributed by atoms with Gasteiger partial charge in [0, 0.05) is 35.2 Å². The van der Waals surface area contributed by atoms with Gasteiger partial charge in [-0.05, 0) is 0 Å². The summed E-state index contributed by atoms with van der Waals surface area (Å²) in [4.78, 5) is 22.2. The van der Waals surface area contributed by atoms with E-state index in [9.17, 15) is 14.7 Å². The predicted octanol–water partition coefficient (Wildman–Crippen LogP) is -0.757. The van der Waals surface area contributed by atoms with Gasteiger partial charge in [0.15, 0.2) is 12.4 Å². The number of hydrogen-bond acceptors (Lipinski definition) is 9. The molecule has 9 heteroatoms. The van der Waals surface area contributed by atoms with Crippen molar-refractivity contribution in [2.75, 3.05) is 27.9 Å². The van der Waals surface area contributed by atoms with Crippen LogP contribution >= 0.6 is 0 Å². The largest absolute Gasteiger partial charge is 0.463 e. The summed E-state index contributed by atoms with van der Waals surface area (Å²) in [5.41, 5.74) is 0. The Hall–Kier alpha value is -1.26. The van der Waals surface area contributed by atoms with Gasteiger partial charge in [-0.3, -0.25) is 9.59 Å². The first kappa shape index (κ1) is 19.8. The maximum Gasteiger partial charge on any atom is 0.303 e. The van der Waals surface area contributed by atoms with Crippen LogP contribution < -0.4 is 0 Å². The summed E-state index contributed by atoms with van der Waals surface area (Å²) in [6.45, 7) is 2.40. The third kappa shape index (κ3) is 5.11. The van der Waals surface area contributed by atoms with Crippen LogP contribution in [0.1, 0.15) is 13.8 Å². The van der Waals surface area contributed by atoms with Crippen LogP contribution in [0.5, 0.6) is 0 Å². The number of aliphatic hydroxyl groups is 1. The molecular weight excluding hydrogens is 312 g/mol. The standard InChI is InChI=1S/C14H24O9/c1-7(15)21-6-9(18-3)10-11(19-4)12(20-5)13(14(17)23-10)22-8(2)16/h9-14,17H,6H2,1-5H3/t9-,10-,11-,12+,13-,14?/m1/s1. The third-order valence-corrected chi connectivity index (χ3v) is 3.52. The van der Waals surface area contributed by atoms with E-state index < -0.39 is 48.7 Å². The molecule has 0 aliphatic carbocycles. The SMILES string of the molecule is CO[C@@H]1[C@@H]([C@@H](COC(C)=O)OC)OC(O)[C@H](OC(C)=O)[C@H]1OC. The Morgan fingerprint density at radius 3 is 2.09 bits per heavy atom. The van der Waals surface area contributed by atoms with E-state index >= 15 is 0 Å². The van der Waals surface area contributed by atoms with E-state index in [-0.39, 0.29) is 6.61 Å². The fourth-order valence-electron chi connectivity index (χ4n) is 2.50. The smallest absolute Gasteiger partial charge is 0.303 e. The highest BCUT2D eigenvalue weighted by Crippen LogP contribution is 2.29. The Morgan fingerprint density at radius 2 is 1.65 bits per heavy atom. The number of carbonyl (C=O) groups excluding carboxylic acids is 2. The summed E-state index contributed by atoms with van der Waals surface area (Å²) in [6, 6.07) is 0. The predicted molar refractivity (Wildman–Crippen MR) is 75.5 cm³/mol. The van der Waals surface area contributed by atoms with Gasteiger partial charge in [0.05, 0.1) is 0 Å². The summed E-state index contributed by atoms with van der Waals surface area (Å²) in [6.07, 6.45) is -5.48. The molecule has 0 aromatic heterocycles. The summed E-state index contributed by atoms with van der Waals surface area (Å²) in [5.74, 6) is -1.06. The van der Waals surface area contributed by atoms with E-state index in [0.29, 0.717) is 0 Å². The number of esters is 2. The molecule has 9 nitrogen and oxygen atoms in total. The van der Waals surface area contributed by atoms with Crippen molar-refractivity contribution < 1.29 is 43.1 Å². The van der Waals surface area contributed by atoms with Gasteiger partial charge in [-0.1, -0.05) is 0 Å². The highest BCUT2D eigenvalue weighted by Gasteiger charge is 2.50. The fraction of sp³-hybridized carbons (Fsp3) is 0.857. The number of hydrogen-bond donors (Lipinski definition) is 1. The van der Waals surface area contributed by atoms with Crippen LogP contribution in [-0.2, 0) is 38.0 Å². The van der Waals surface area contributed by atoms with Crippen molar-refractivity contribution in [1.82, 2.24) is 0 Å². The van der Waals surface area contributed by atoms with E-state index in [4.69, 9.17) is 28.4 Å². The number of aliphatic hydroxyl groups excluding tert-OH is 1. The average molecular weight is 336 g/mol. The Kier molecular flexibility index (Phi) is 7.86. The summed E-state index contributed by atoms with van der Waals surface area (Å²) in [5, 5.41) is 10.1. The lowest BCUT2D eigenvalue weighted by Crippen LogP contribution is -2.63. The van der Waals surface area contributed by atoms with Crippen molar-refractivity contribution in [3.8, 4) is 0 Å². The second kappa shape index (κ2) is 9.14. The van der Waals surface area contributed by atoms with Crippen LogP contribution in [0.15, 0.2) is 0 Å². The van der Waals surface area contributed by atoms with E-state index in [1.165, 1.54) is 35.2 Å². The number of rotatable bonds is 7. The number of ether oxygens (including phenoxy) is 6. The average Bonchev–Trinajstić information content (AvgIpc) is 2.49. The molecule has 1 unspecified atom stereocenters. The van der Waals surface area contributed by atoms with Crippen molar-refractivity contribution in [3.05, 3.63) is 0 Å². The molecule has 0 saturated carbocycles. The van der Waals surface area contributed by atoms with Crippen molar-refractivity contribution >= 4 is 11.9 Å². The minimum Gasteiger partial charge on any atom is -0.463 e. The molecule has 0 bridgehead atoms. The summed E-state index contributed by atoms with van der Waals surface area (Å²) < 4.78 is 31.4. The first-order chi connectivity index (χ1) is 10.8. The van der Waals surface area contributed by atoms with Gasteiger partial charge in [-0.15, -0.1) is 0 Å². The lowest BCUT2D eigenvalue weighted by Gasteiger charge is -2.44. The van der Waals surface area contributed by atoms with Gasteiger partial charge >= 0.3 is 11.9 Å². The topological polar surface area (TPSA) is 110 Å². The van der Waals surface area contributed by atoms with Crippen molar-refractivity contribution in [3.63, 3.8) is 0 Å². The van der Waals surface area contributed by atoms with E-state index in [1.54, 1.807) is 0 Å². The minimum atomic E-state index is -1.43. The highest BCUT2D eigenvalue weighted by atomic mass is 16.7. The van der Waals surface area contributed by atoms with E-state index in [0.717, 1.165) is 0 Å². The molecule has 134 valence electrons. The van der Waals surface area contributed by atoms with Crippen LogP contribution in [0.3, 0.4) is 0 Å². The van der Waals surface area contributed by atoms with Crippen molar-refractivity contribution in [2.45, 2.75) is 50.7 Å². The summed E-state index contributed by atoms with van der Waals surface area (Å²) >= 11 is 0. The normalized spacial score (nSPS) is 32.2. The Bertz CT molecular complexity index is 400. The molecule has 1 saturated heterocycles. The molecule has 0 radical (unpaired) electrons.